The first-order valence-electron chi connectivity index (χ1n) is 5.82. The number of nitrogens with one attached hydrogen (secondary N) is 1. The average Bonchev–Trinajstić information content (AvgIpc) is 2.88. The number of fused-ring (bicyclic) bond motifs is 1. The summed E-state index contributed by atoms with van der Waals surface area (Å²) in [6, 6.07) is 3.59. The summed E-state index contributed by atoms with van der Waals surface area (Å²) in [6.45, 7) is 1.64. The molecule has 1 aromatic heterocycles. The Hall–Kier alpha value is -2.62. The lowest BCUT2D eigenvalue weighted by Crippen LogP contribution is -2.40. The molecule has 0 fully saturated rings. The Bertz CT molecular complexity index is 728. The predicted octanol–water partition coefficient (Wildman–Crippen LogP) is 1.26. The number of alkyl carbamates (subject to hydrolysis) is 1. The van der Waals surface area contributed by atoms with Gasteiger partial charge in [-0.3, -0.25) is 10.1 Å². The number of ether oxygens (including phenoxy) is 1. The van der Waals surface area contributed by atoms with E-state index in [1.165, 1.54) is 30.0 Å². The van der Waals surface area contributed by atoms with Gasteiger partial charge in [0.25, 0.3) is 5.69 Å². The molecule has 2 aromatic rings. The maximum Gasteiger partial charge on any atom is 0.407 e. The third-order valence-corrected chi connectivity index (χ3v) is 3.27. The number of nitro groups is 1. The van der Waals surface area contributed by atoms with Crippen molar-refractivity contribution in [2.75, 3.05) is 7.11 Å². The van der Waals surface area contributed by atoms with Crippen molar-refractivity contribution in [1.29, 1.82) is 0 Å². The zero-order valence-electron chi connectivity index (χ0n) is 11.1. The number of carbonyl (C=O) groups is 1. The first-order valence-corrected chi connectivity index (χ1v) is 6.23. The molecular formula is C11H11N5O4S. The largest absolute Gasteiger partial charge is 0.453 e. The molecule has 0 aliphatic rings. The molecule has 1 amide bonds. The van der Waals surface area contributed by atoms with Gasteiger partial charge in [-0.1, -0.05) is 17.4 Å². The molecule has 21 heavy (non-hydrogen) atoms. The lowest BCUT2D eigenvalue weighted by atomic mass is 10.2. The lowest BCUT2D eigenvalue weighted by molar-refractivity contribution is -0.384. The van der Waals surface area contributed by atoms with Crippen LogP contribution in [0.4, 0.5) is 10.5 Å². The maximum atomic E-state index is 11.2. The summed E-state index contributed by atoms with van der Waals surface area (Å²) in [6.07, 6.45) is -0.639. The molecule has 10 heteroatoms. The van der Waals surface area contributed by atoms with Crippen molar-refractivity contribution in [2.24, 2.45) is 0 Å². The van der Waals surface area contributed by atoms with Crippen molar-refractivity contribution in [3.05, 3.63) is 28.3 Å². The number of aromatic nitrogens is 3. The van der Waals surface area contributed by atoms with E-state index in [1.54, 1.807) is 6.92 Å². The van der Waals surface area contributed by atoms with Crippen molar-refractivity contribution in [2.45, 2.75) is 13.0 Å². The van der Waals surface area contributed by atoms with Gasteiger partial charge in [0.1, 0.15) is 16.0 Å². The van der Waals surface area contributed by atoms with Crippen LogP contribution >= 0.6 is 12.2 Å². The Morgan fingerprint density at radius 3 is 2.90 bits per heavy atom. The van der Waals surface area contributed by atoms with Gasteiger partial charge in [-0.15, -0.1) is 5.10 Å². The summed E-state index contributed by atoms with van der Waals surface area (Å²) in [4.78, 5) is 21.7. The molecule has 9 nitrogen and oxygen atoms in total. The fraction of sp³-hybridized carbons (Fsp3) is 0.273. The van der Waals surface area contributed by atoms with Crippen molar-refractivity contribution < 1.29 is 14.5 Å². The number of carbonyl (C=O) groups excluding carboxylic acids is 1. The van der Waals surface area contributed by atoms with Crippen LogP contribution in [-0.2, 0) is 4.74 Å². The summed E-state index contributed by atoms with van der Waals surface area (Å²) < 4.78 is 5.76. The standard InChI is InChI=1S/C11H11N5O4S/c1-6(12-11(17)20-2)10(21)15-9-5-7(16(18)19)3-4-8(9)13-14-15/h3-6H,1-2H3,(H,12,17). The number of methoxy groups -OCH3 is 1. The van der Waals surface area contributed by atoms with Crippen LogP contribution in [0, 0.1) is 10.1 Å². The van der Waals surface area contributed by atoms with E-state index in [1.807, 2.05) is 0 Å². The van der Waals surface area contributed by atoms with Gasteiger partial charge in [0.15, 0.2) is 0 Å². The van der Waals surface area contributed by atoms with E-state index < -0.39 is 17.1 Å². The van der Waals surface area contributed by atoms with E-state index in [0.717, 1.165) is 0 Å². The molecule has 1 aromatic carbocycles. The Kier molecular flexibility index (Phi) is 4.08. The average molecular weight is 309 g/mol. The van der Waals surface area contributed by atoms with Crippen LogP contribution in [0.2, 0.25) is 0 Å². The number of benzene rings is 1. The van der Waals surface area contributed by atoms with Gasteiger partial charge >= 0.3 is 6.09 Å². The normalized spacial score (nSPS) is 11.9. The summed E-state index contributed by atoms with van der Waals surface area (Å²) >= 11 is 5.22. The van der Waals surface area contributed by atoms with Gasteiger partial charge in [-0.25, -0.2) is 9.48 Å². The minimum Gasteiger partial charge on any atom is -0.453 e. The number of nitrogens with zero attached hydrogens (tertiary/aromatic N) is 4. The first-order chi connectivity index (χ1) is 9.93. The second-order valence-corrected chi connectivity index (χ2v) is 4.55. The number of amides is 1. The van der Waals surface area contributed by atoms with E-state index in [-0.39, 0.29) is 10.7 Å². The number of hydrogen-bond donors (Lipinski definition) is 1. The minimum absolute atomic E-state index is 0.0950. The second-order valence-electron chi connectivity index (χ2n) is 4.13. The number of non-ortho nitro benzene ring substituents is 1. The molecule has 2 rings (SSSR count). The van der Waals surface area contributed by atoms with Crippen LogP contribution in [-0.4, -0.2) is 44.2 Å². The molecule has 0 saturated carbocycles. The molecule has 0 aliphatic carbocycles. The summed E-state index contributed by atoms with van der Waals surface area (Å²) in [5.41, 5.74) is 0.767. The SMILES string of the molecule is COC(=O)NC(C)C(=S)n1nnc2ccc([N+](=O)[O-])cc21. The van der Waals surface area contributed by atoms with Crippen LogP contribution in [0.1, 0.15) is 6.92 Å². The molecular weight excluding hydrogens is 298 g/mol. The highest BCUT2D eigenvalue weighted by atomic mass is 32.1. The summed E-state index contributed by atoms with van der Waals surface area (Å²) in [5.74, 6) is 0. The maximum absolute atomic E-state index is 11.2. The van der Waals surface area contributed by atoms with Crippen molar-refractivity contribution in [3.63, 3.8) is 0 Å². The second kappa shape index (κ2) is 5.79. The molecule has 1 unspecified atom stereocenters. The van der Waals surface area contributed by atoms with Gasteiger partial charge in [0.05, 0.1) is 18.1 Å². The highest BCUT2D eigenvalue weighted by Crippen LogP contribution is 2.19. The minimum atomic E-state index is -0.639. The quantitative estimate of drug-likeness (QED) is 0.516. The van der Waals surface area contributed by atoms with Crippen molar-refractivity contribution in [1.82, 2.24) is 20.3 Å². The fourth-order valence-electron chi connectivity index (χ4n) is 1.66. The molecule has 0 saturated heterocycles. The molecule has 0 radical (unpaired) electrons. The number of rotatable bonds is 3. The first kappa shape index (κ1) is 14.8. The van der Waals surface area contributed by atoms with E-state index in [4.69, 9.17) is 12.2 Å². The Labute approximate surface area is 124 Å². The molecule has 110 valence electrons. The van der Waals surface area contributed by atoms with Crippen LogP contribution in [0.15, 0.2) is 18.2 Å². The molecule has 0 bridgehead atoms. The number of hydrogen-bond acceptors (Lipinski definition) is 7. The lowest BCUT2D eigenvalue weighted by Gasteiger charge is -2.14. The van der Waals surface area contributed by atoms with Crippen LogP contribution in [0.25, 0.3) is 11.0 Å². The molecule has 1 heterocycles. The molecule has 0 spiro atoms. The Morgan fingerprint density at radius 1 is 1.57 bits per heavy atom. The van der Waals surface area contributed by atoms with Gasteiger partial charge in [0.2, 0.25) is 0 Å². The van der Waals surface area contributed by atoms with Crippen molar-refractivity contribution in [3.8, 4) is 0 Å². The van der Waals surface area contributed by atoms with Gasteiger partial charge in [0, 0.05) is 12.1 Å². The molecule has 1 N–H and O–H groups in total. The zero-order chi connectivity index (χ0) is 15.6. The van der Waals surface area contributed by atoms with Crippen molar-refractivity contribution >= 4 is 40.0 Å². The van der Waals surface area contributed by atoms with E-state index in [9.17, 15) is 14.9 Å². The van der Waals surface area contributed by atoms with Crippen LogP contribution < -0.4 is 5.32 Å². The highest BCUT2D eigenvalue weighted by Gasteiger charge is 2.19. The van der Waals surface area contributed by atoms with E-state index in [0.29, 0.717) is 11.0 Å². The zero-order valence-corrected chi connectivity index (χ0v) is 12.0. The predicted molar refractivity (Wildman–Crippen MR) is 77.2 cm³/mol. The number of thiocarbonyl (C=S) groups is 1. The van der Waals surface area contributed by atoms with Gasteiger partial charge in [-0.2, -0.15) is 0 Å². The monoisotopic (exact) mass is 309 g/mol. The topological polar surface area (TPSA) is 112 Å². The summed E-state index contributed by atoms with van der Waals surface area (Å²) in [7, 11) is 1.24. The fourth-order valence-corrected chi connectivity index (χ4v) is 1.86. The van der Waals surface area contributed by atoms with Gasteiger partial charge < -0.3 is 10.1 Å². The van der Waals surface area contributed by atoms with Gasteiger partial charge in [-0.05, 0) is 13.0 Å². The Morgan fingerprint density at radius 2 is 2.29 bits per heavy atom. The highest BCUT2D eigenvalue weighted by molar-refractivity contribution is 7.80. The number of nitro benzene ring substituents is 1. The van der Waals surface area contributed by atoms with E-state index >= 15 is 0 Å². The van der Waals surface area contributed by atoms with Crippen LogP contribution in [0.3, 0.4) is 0 Å². The molecule has 1 atom stereocenters. The van der Waals surface area contributed by atoms with E-state index in [2.05, 4.69) is 20.4 Å². The Balaban J connectivity index is 2.37. The smallest absolute Gasteiger partial charge is 0.407 e. The third-order valence-electron chi connectivity index (χ3n) is 2.74. The summed E-state index contributed by atoms with van der Waals surface area (Å²) in [5, 5.41) is 21.1. The third kappa shape index (κ3) is 2.94. The van der Waals surface area contributed by atoms with Crippen LogP contribution in [0.5, 0.6) is 0 Å². The molecule has 0 aliphatic heterocycles.